The van der Waals surface area contributed by atoms with Crippen molar-refractivity contribution >= 4 is 24.0 Å². The number of aromatic nitrogens is 3. The predicted molar refractivity (Wildman–Crippen MR) is 118 cm³/mol. The number of piperidine rings is 1. The largest absolute Gasteiger partial charge is 0.472 e. The number of rotatable bonds is 6. The number of hydrogen-bond acceptors (Lipinski definition) is 5. The first kappa shape index (κ1) is 21.0. The molecule has 2 amide bonds. The van der Waals surface area contributed by atoms with Gasteiger partial charge in [-0.1, -0.05) is 23.8 Å². The summed E-state index contributed by atoms with van der Waals surface area (Å²) in [4.78, 5) is 26.7. The van der Waals surface area contributed by atoms with Gasteiger partial charge in [-0.05, 0) is 44.1 Å². The lowest BCUT2D eigenvalue weighted by Gasteiger charge is -2.32. The molecule has 2 aromatic heterocycles. The molecule has 4 rings (SSSR count). The van der Waals surface area contributed by atoms with E-state index in [4.69, 9.17) is 16.6 Å². The van der Waals surface area contributed by atoms with E-state index in [2.05, 4.69) is 15.5 Å². The zero-order chi connectivity index (χ0) is 21.8. The molecule has 3 heterocycles. The zero-order valence-electron chi connectivity index (χ0n) is 17.3. The predicted octanol–water partition coefficient (Wildman–Crippen LogP) is 3.32. The SMILES string of the molecule is Cc1cccc(-c2n[nH]c(=S)n2CCC(=O)NC2CCN(C(=O)c3ccoc3)CC2)c1. The van der Waals surface area contributed by atoms with Crippen LogP contribution in [0.5, 0.6) is 0 Å². The number of nitrogens with one attached hydrogen (secondary N) is 2. The minimum atomic E-state index is -0.0310. The monoisotopic (exact) mass is 439 g/mol. The second-order valence-corrected chi connectivity index (χ2v) is 8.16. The quantitative estimate of drug-likeness (QED) is 0.575. The van der Waals surface area contributed by atoms with Crippen LogP contribution in [-0.2, 0) is 11.3 Å². The Kier molecular flexibility index (Phi) is 6.31. The molecule has 0 bridgehead atoms. The molecule has 0 aliphatic carbocycles. The molecule has 3 aromatic rings. The van der Waals surface area contributed by atoms with Crippen molar-refractivity contribution in [3.63, 3.8) is 0 Å². The number of carbonyl (C=O) groups excluding carboxylic acids is 2. The number of aryl methyl sites for hydroxylation is 1. The van der Waals surface area contributed by atoms with Gasteiger partial charge < -0.3 is 14.6 Å². The summed E-state index contributed by atoms with van der Waals surface area (Å²) in [6, 6.07) is 9.75. The Balaban J connectivity index is 1.29. The van der Waals surface area contributed by atoms with Gasteiger partial charge in [0, 0.05) is 37.7 Å². The summed E-state index contributed by atoms with van der Waals surface area (Å²) in [7, 11) is 0. The van der Waals surface area contributed by atoms with Crippen LogP contribution in [0.1, 0.15) is 35.2 Å². The molecule has 31 heavy (non-hydrogen) atoms. The molecule has 0 atom stereocenters. The van der Waals surface area contributed by atoms with E-state index in [1.165, 1.54) is 12.5 Å². The van der Waals surface area contributed by atoms with Gasteiger partial charge in [0.05, 0.1) is 11.8 Å². The molecule has 1 fully saturated rings. The Labute approximate surface area is 185 Å². The summed E-state index contributed by atoms with van der Waals surface area (Å²) < 4.78 is 7.34. The number of carbonyl (C=O) groups is 2. The first-order valence-electron chi connectivity index (χ1n) is 10.3. The second-order valence-electron chi connectivity index (χ2n) is 7.77. The van der Waals surface area contributed by atoms with Crippen molar-refractivity contribution in [2.24, 2.45) is 0 Å². The maximum Gasteiger partial charge on any atom is 0.257 e. The second kappa shape index (κ2) is 9.30. The fraction of sp³-hybridized carbons (Fsp3) is 0.364. The summed E-state index contributed by atoms with van der Waals surface area (Å²) in [6.07, 6.45) is 4.73. The fourth-order valence-electron chi connectivity index (χ4n) is 3.84. The van der Waals surface area contributed by atoms with E-state index < -0.39 is 0 Å². The van der Waals surface area contributed by atoms with Gasteiger partial charge in [0.2, 0.25) is 5.91 Å². The number of H-pyrrole nitrogens is 1. The highest BCUT2D eigenvalue weighted by Gasteiger charge is 2.25. The van der Waals surface area contributed by atoms with Gasteiger partial charge in [0.1, 0.15) is 6.26 Å². The van der Waals surface area contributed by atoms with Crippen molar-refractivity contribution in [3.05, 3.63) is 58.8 Å². The number of hydrogen-bond donors (Lipinski definition) is 2. The van der Waals surface area contributed by atoms with Gasteiger partial charge in [0.15, 0.2) is 10.6 Å². The molecule has 1 saturated heterocycles. The fourth-order valence-corrected chi connectivity index (χ4v) is 4.06. The van der Waals surface area contributed by atoms with Gasteiger partial charge in [-0.25, -0.2) is 0 Å². The highest BCUT2D eigenvalue weighted by Crippen LogP contribution is 2.19. The summed E-state index contributed by atoms with van der Waals surface area (Å²) >= 11 is 5.36. The number of aromatic amines is 1. The van der Waals surface area contributed by atoms with E-state index in [-0.39, 0.29) is 17.9 Å². The molecule has 0 saturated carbocycles. The third-order valence-corrected chi connectivity index (χ3v) is 5.82. The summed E-state index contributed by atoms with van der Waals surface area (Å²) in [5.74, 6) is 0.669. The number of nitrogens with zero attached hydrogens (tertiary/aromatic N) is 3. The average Bonchev–Trinajstić information content (AvgIpc) is 3.42. The van der Waals surface area contributed by atoms with Crippen LogP contribution < -0.4 is 5.32 Å². The normalized spacial score (nSPS) is 14.5. The van der Waals surface area contributed by atoms with Crippen LogP contribution in [-0.4, -0.2) is 50.6 Å². The van der Waals surface area contributed by atoms with Gasteiger partial charge in [-0.3, -0.25) is 19.3 Å². The van der Waals surface area contributed by atoms with Crippen LogP contribution in [0.15, 0.2) is 47.3 Å². The standard InChI is InChI=1S/C22H25N5O3S/c1-15-3-2-4-16(13-15)20-24-25-22(31)27(20)11-7-19(28)23-18-5-9-26(10-6-18)21(29)17-8-12-30-14-17/h2-4,8,12-14,18H,5-7,9-11H2,1H3,(H,23,28)(H,25,31). The lowest BCUT2D eigenvalue weighted by molar-refractivity contribution is -0.122. The Morgan fingerprint density at radius 2 is 2.10 bits per heavy atom. The van der Waals surface area contributed by atoms with Crippen LogP contribution >= 0.6 is 12.2 Å². The van der Waals surface area contributed by atoms with Crippen LogP contribution in [0.4, 0.5) is 0 Å². The van der Waals surface area contributed by atoms with Crippen LogP contribution in [0.3, 0.4) is 0 Å². The van der Waals surface area contributed by atoms with E-state index in [9.17, 15) is 9.59 Å². The van der Waals surface area contributed by atoms with Crippen LogP contribution in [0.2, 0.25) is 0 Å². The Morgan fingerprint density at radius 3 is 2.81 bits per heavy atom. The van der Waals surface area contributed by atoms with Gasteiger partial charge in [-0.15, -0.1) is 0 Å². The summed E-state index contributed by atoms with van der Waals surface area (Å²) in [5, 5.41) is 10.3. The molecule has 9 heteroatoms. The molecule has 1 aliphatic rings. The van der Waals surface area contributed by atoms with E-state index in [0.29, 0.717) is 36.4 Å². The van der Waals surface area contributed by atoms with E-state index in [0.717, 1.165) is 29.8 Å². The minimum Gasteiger partial charge on any atom is -0.472 e. The molecule has 0 radical (unpaired) electrons. The van der Waals surface area contributed by atoms with Crippen molar-refractivity contribution < 1.29 is 14.0 Å². The van der Waals surface area contributed by atoms with E-state index in [1.807, 2.05) is 35.8 Å². The smallest absolute Gasteiger partial charge is 0.257 e. The highest BCUT2D eigenvalue weighted by atomic mass is 32.1. The number of furan rings is 1. The van der Waals surface area contributed by atoms with E-state index in [1.54, 1.807) is 11.0 Å². The minimum absolute atomic E-state index is 0.0297. The lowest BCUT2D eigenvalue weighted by Crippen LogP contribution is -2.46. The highest BCUT2D eigenvalue weighted by molar-refractivity contribution is 7.71. The van der Waals surface area contributed by atoms with Crippen molar-refractivity contribution in [3.8, 4) is 11.4 Å². The molecule has 0 spiro atoms. The molecular formula is C22H25N5O3S. The maximum atomic E-state index is 12.5. The summed E-state index contributed by atoms with van der Waals surface area (Å²) in [5.41, 5.74) is 2.65. The van der Waals surface area contributed by atoms with Crippen molar-refractivity contribution in [1.82, 2.24) is 25.0 Å². The molecular weight excluding hydrogens is 414 g/mol. The maximum absolute atomic E-state index is 12.5. The topological polar surface area (TPSA) is 96.2 Å². The van der Waals surface area contributed by atoms with Crippen molar-refractivity contribution in [1.29, 1.82) is 0 Å². The summed E-state index contributed by atoms with van der Waals surface area (Å²) in [6.45, 7) is 3.69. The lowest BCUT2D eigenvalue weighted by atomic mass is 10.0. The van der Waals surface area contributed by atoms with Crippen LogP contribution in [0.25, 0.3) is 11.4 Å². The first-order valence-corrected chi connectivity index (χ1v) is 10.7. The molecule has 0 unspecified atom stereocenters. The Morgan fingerprint density at radius 1 is 1.29 bits per heavy atom. The molecule has 8 nitrogen and oxygen atoms in total. The van der Waals surface area contributed by atoms with Gasteiger partial charge in [-0.2, -0.15) is 5.10 Å². The number of likely N-dealkylation sites (tertiary alicyclic amines) is 1. The Hall–Kier alpha value is -3.20. The van der Waals surface area contributed by atoms with Crippen molar-refractivity contribution in [2.75, 3.05) is 13.1 Å². The zero-order valence-corrected chi connectivity index (χ0v) is 18.2. The average molecular weight is 440 g/mol. The third kappa shape index (κ3) is 4.93. The number of benzene rings is 1. The molecule has 1 aromatic carbocycles. The van der Waals surface area contributed by atoms with Crippen LogP contribution in [0, 0.1) is 11.7 Å². The molecule has 2 N–H and O–H groups in total. The van der Waals surface area contributed by atoms with Gasteiger partial charge >= 0.3 is 0 Å². The number of amides is 2. The first-order chi connectivity index (χ1) is 15.0. The molecule has 1 aliphatic heterocycles. The van der Waals surface area contributed by atoms with Crippen molar-refractivity contribution in [2.45, 2.75) is 38.8 Å². The Bertz CT molecular complexity index is 1110. The van der Waals surface area contributed by atoms with Gasteiger partial charge in [0.25, 0.3) is 5.91 Å². The molecule has 162 valence electrons. The van der Waals surface area contributed by atoms with E-state index >= 15 is 0 Å². The third-order valence-electron chi connectivity index (χ3n) is 5.51.